The number of sulfone groups is 1. The fourth-order valence-corrected chi connectivity index (χ4v) is 4.32. The lowest BCUT2D eigenvalue weighted by Gasteiger charge is -2.17. The first-order chi connectivity index (χ1) is 13.0. The second kappa shape index (κ2) is 8.99. The van der Waals surface area contributed by atoms with Crippen molar-refractivity contribution in [2.75, 3.05) is 5.75 Å². The fourth-order valence-electron chi connectivity index (χ4n) is 3.24. The number of hydrogen-bond donors (Lipinski definition) is 0. The number of imide groups is 1. The zero-order valence-electron chi connectivity index (χ0n) is 17.0. The molecule has 0 bridgehead atoms. The van der Waals surface area contributed by atoms with Gasteiger partial charge in [-0.2, -0.15) is 0 Å². The maximum absolute atomic E-state index is 12.4. The standard InChI is InChI=1S/C21H29NO5S/c1-14(2)22-20(24)18-10-9-16(13-19(18)21(22)25)12-17(23)8-6-5-7-11-28(26,27)15(3)4/h9-10,13-15H,5-8,11-12H2,1-4H3. The smallest absolute Gasteiger partial charge is 0.261 e. The van der Waals surface area contributed by atoms with Gasteiger partial charge in [0, 0.05) is 18.9 Å². The maximum Gasteiger partial charge on any atom is 0.261 e. The van der Waals surface area contributed by atoms with Gasteiger partial charge in [0.25, 0.3) is 11.8 Å². The van der Waals surface area contributed by atoms with Crippen molar-refractivity contribution in [3.8, 4) is 0 Å². The predicted molar refractivity (Wildman–Crippen MR) is 108 cm³/mol. The molecule has 6 nitrogen and oxygen atoms in total. The first-order valence-corrected chi connectivity index (χ1v) is 11.5. The van der Waals surface area contributed by atoms with Gasteiger partial charge in [-0.25, -0.2) is 8.42 Å². The minimum atomic E-state index is -3.02. The van der Waals surface area contributed by atoms with Gasteiger partial charge in [0.15, 0.2) is 9.84 Å². The van der Waals surface area contributed by atoms with E-state index in [1.807, 2.05) is 0 Å². The molecule has 0 saturated carbocycles. The number of carbonyl (C=O) groups is 3. The van der Waals surface area contributed by atoms with Crippen LogP contribution in [0.15, 0.2) is 18.2 Å². The summed E-state index contributed by atoms with van der Waals surface area (Å²) in [6.07, 6.45) is 2.49. The Hall–Kier alpha value is -2.02. The summed E-state index contributed by atoms with van der Waals surface area (Å²) < 4.78 is 23.5. The zero-order chi connectivity index (χ0) is 21.1. The number of fused-ring (bicyclic) bond motifs is 1. The molecule has 0 saturated heterocycles. The Balaban J connectivity index is 1.86. The molecule has 28 heavy (non-hydrogen) atoms. The van der Waals surface area contributed by atoms with E-state index in [2.05, 4.69) is 0 Å². The number of benzene rings is 1. The topological polar surface area (TPSA) is 88.6 Å². The van der Waals surface area contributed by atoms with E-state index < -0.39 is 9.84 Å². The van der Waals surface area contributed by atoms with E-state index in [-0.39, 0.29) is 41.1 Å². The van der Waals surface area contributed by atoms with Crippen molar-refractivity contribution in [1.29, 1.82) is 0 Å². The van der Waals surface area contributed by atoms with E-state index in [0.29, 0.717) is 36.8 Å². The minimum Gasteiger partial charge on any atom is -0.299 e. The van der Waals surface area contributed by atoms with Gasteiger partial charge < -0.3 is 0 Å². The normalized spacial score (nSPS) is 14.3. The summed E-state index contributed by atoms with van der Waals surface area (Å²) in [6.45, 7) is 6.93. The number of carbonyl (C=O) groups excluding carboxylic acids is 3. The first-order valence-electron chi connectivity index (χ1n) is 9.78. The first kappa shape index (κ1) is 22.3. The largest absolute Gasteiger partial charge is 0.299 e. The Morgan fingerprint density at radius 3 is 2.21 bits per heavy atom. The van der Waals surface area contributed by atoms with Crippen LogP contribution >= 0.6 is 0 Å². The lowest BCUT2D eigenvalue weighted by molar-refractivity contribution is -0.118. The predicted octanol–water partition coefficient (Wildman–Crippen LogP) is 3.19. The second-order valence-electron chi connectivity index (χ2n) is 7.90. The Bertz CT molecular complexity index is 871. The van der Waals surface area contributed by atoms with E-state index >= 15 is 0 Å². The quantitative estimate of drug-likeness (QED) is 0.439. The van der Waals surface area contributed by atoms with Gasteiger partial charge in [0.05, 0.1) is 22.1 Å². The molecule has 0 unspecified atom stereocenters. The van der Waals surface area contributed by atoms with Crippen molar-refractivity contribution in [1.82, 2.24) is 4.90 Å². The van der Waals surface area contributed by atoms with Crippen molar-refractivity contribution in [3.05, 3.63) is 34.9 Å². The Kier molecular flexibility index (Phi) is 7.15. The molecular formula is C21H29NO5S. The van der Waals surface area contributed by atoms with Gasteiger partial charge in [-0.15, -0.1) is 0 Å². The van der Waals surface area contributed by atoms with E-state index in [4.69, 9.17) is 0 Å². The molecule has 1 aliphatic heterocycles. The number of hydrogen-bond acceptors (Lipinski definition) is 5. The summed E-state index contributed by atoms with van der Waals surface area (Å²) in [5.41, 5.74) is 1.47. The van der Waals surface area contributed by atoms with Gasteiger partial charge in [0.1, 0.15) is 5.78 Å². The van der Waals surface area contributed by atoms with Gasteiger partial charge >= 0.3 is 0 Å². The van der Waals surface area contributed by atoms with E-state index in [9.17, 15) is 22.8 Å². The number of Topliss-reactive ketones (excluding diaryl/α,β-unsaturated/α-hetero) is 1. The van der Waals surface area contributed by atoms with Gasteiger partial charge in [-0.1, -0.05) is 12.5 Å². The number of unbranched alkanes of at least 4 members (excludes halogenated alkanes) is 2. The number of ketones is 1. The van der Waals surface area contributed by atoms with E-state index in [1.54, 1.807) is 45.9 Å². The van der Waals surface area contributed by atoms with Crippen LogP contribution in [0.4, 0.5) is 0 Å². The van der Waals surface area contributed by atoms with Crippen LogP contribution in [0.5, 0.6) is 0 Å². The number of amides is 2. The number of nitrogens with zero attached hydrogens (tertiary/aromatic N) is 1. The van der Waals surface area contributed by atoms with Crippen LogP contribution in [0.2, 0.25) is 0 Å². The summed E-state index contributed by atoms with van der Waals surface area (Å²) in [6, 6.07) is 4.78. The zero-order valence-corrected chi connectivity index (χ0v) is 17.8. The molecular weight excluding hydrogens is 378 g/mol. The van der Waals surface area contributed by atoms with Crippen molar-refractivity contribution in [2.45, 2.75) is 71.1 Å². The Morgan fingerprint density at radius 2 is 1.61 bits per heavy atom. The molecule has 154 valence electrons. The fraction of sp³-hybridized carbons (Fsp3) is 0.571. The molecule has 0 fully saturated rings. The third-order valence-electron chi connectivity index (χ3n) is 5.00. The van der Waals surface area contributed by atoms with Crippen LogP contribution in [0.3, 0.4) is 0 Å². The molecule has 0 N–H and O–H groups in total. The molecule has 2 rings (SSSR count). The Morgan fingerprint density at radius 1 is 0.964 bits per heavy atom. The van der Waals surface area contributed by atoms with Crippen LogP contribution in [0.25, 0.3) is 0 Å². The molecule has 0 radical (unpaired) electrons. The van der Waals surface area contributed by atoms with Crippen molar-refractivity contribution in [3.63, 3.8) is 0 Å². The van der Waals surface area contributed by atoms with Crippen LogP contribution in [-0.4, -0.2) is 48.0 Å². The average molecular weight is 408 g/mol. The molecule has 1 heterocycles. The number of rotatable bonds is 10. The van der Waals surface area contributed by atoms with Crippen LogP contribution in [-0.2, 0) is 21.1 Å². The van der Waals surface area contributed by atoms with Gasteiger partial charge in [-0.3, -0.25) is 19.3 Å². The summed E-state index contributed by atoms with van der Waals surface area (Å²) in [5.74, 6) is -0.393. The lowest BCUT2D eigenvalue weighted by Crippen LogP contribution is -2.35. The molecule has 0 spiro atoms. The molecule has 7 heteroatoms. The molecule has 0 aliphatic carbocycles. The molecule has 1 aliphatic rings. The SMILES string of the molecule is CC(C)N1C(=O)c2ccc(CC(=O)CCCCCS(=O)(=O)C(C)C)cc2C1=O. The molecule has 1 aromatic rings. The van der Waals surface area contributed by atoms with Crippen LogP contribution in [0, 0.1) is 0 Å². The highest BCUT2D eigenvalue weighted by atomic mass is 32.2. The lowest BCUT2D eigenvalue weighted by atomic mass is 10.00. The van der Waals surface area contributed by atoms with E-state index in [1.165, 1.54) is 4.90 Å². The van der Waals surface area contributed by atoms with Crippen molar-refractivity contribution in [2.24, 2.45) is 0 Å². The maximum atomic E-state index is 12.4. The molecule has 1 aromatic carbocycles. The van der Waals surface area contributed by atoms with Crippen LogP contribution < -0.4 is 0 Å². The molecule has 2 amide bonds. The van der Waals surface area contributed by atoms with Crippen molar-refractivity contribution < 1.29 is 22.8 Å². The highest BCUT2D eigenvalue weighted by Crippen LogP contribution is 2.26. The van der Waals surface area contributed by atoms with Crippen molar-refractivity contribution >= 4 is 27.4 Å². The van der Waals surface area contributed by atoms with Gasteiger partial charge in [-0.05, 0) is 58.2 Å². The third-order valence-corrected chi connectivity index (χ3v) is 7.30. The minimum absolute atomic E-state index is 0.0455. The Labute approximate surface area is 167 Å². The summed E-state index contributed by atoms with van der Waals surface area (Å²) in [5, 5.41) is -0.366. The van der Waals surface area contributed by atoms with E-state index in [0.717, 1.165) is 5.56 Å². The summed E-state index contributed by atoms with van der Waals surface area (Å²) in [4.78, 5) is 38.2. The van der Waals surface area contributed by atoms with Crippen LogP contribution in [0.1, 0.15) is 79.7 Å². The average Bonchev–Trinajstić information content (AvgIpc) is 2.85. The van der Waals surface area contributed by atoms with Gasteiger partial charge in [0.2, 0.25) is 0 Å². The monoisotopic (exact) mass is 407 g/mol. The molecule has 0 aromatic heterocycles. The summed E-state index contributed by atoms with van der Waals surface area (Å²) >= 11 is 0. The second-order valence-corrected chi connectivity index (χ2v) is 10.6. The highest BCUT2D eigenvalue weighted by molar-refractivity contribution is 7.91. The summed E-state index contributed by atoms with van der Waals surface area (Å²) in [7, 11) is -3.02. The third kappa shape index (κ3) is 5.07. The highest BCUT2D eigenvalue weighted by Gasteiger charge is 2.37. The molecule has 0 atom stereocenters.